The molecule has 0 aromatic heterocycles. The number of hydrogen-bond donors (Lipinski definition) is 1. The van der Waals surface area contributed by atoms with Gasteiger partial charge in [-0.25, -0.2) is 0 Å². The number of hydrogen-bond acceptors (Lipinski definition) is 8. The van der Waals surface area contributed by atoms with E-state index in [9.17, 15) is 20.2 Å². The van der Waals surface area contributed by atoms with E-state index in [4.69, 9.17) is 14.2 Å². The van der Waals surface area contributed by atoms with Crippen LogP contribution in [-0.2, 0) is 14.2 Å². The second-order valence-corrected chi connectivity index (χ2v) is 6.39. The molecular formula is C19H31N3O7. The highest BCUT2D eigenvalue weighted by atomic mass is 16.6. The van der Waals surface area contributed by atoms with Crippen LogP contribution in [0.2, 0.25) is 0 Å². The first-order valence-corrected chi connectivity index (χ1v) is 9.96. The predicted octanol–water partition coefficient (Wildman–Crippen LogP) is 3.94. The van der Waals surface area contributed by atoms with Crippen molar-refractivity contribution >= 4 is 17.1 Å². The van der Waals surface area contributed by atoms with Gasteiger partial charge in [-0.3, -0.25) is 20.2 Å². The first kappa shape index (κ1) is 24.7. The van der Waals surface area contributed by atoms with Crippen molar-refractivity contribution in [3.8, 4) is 0 Å². The molecule has 0 atom stereocenters. The Morgan fingerprint density at radius 2 is 1.45 bits per heavy atom. The Hall–Kier alpha value is -2.30. The molecule has 10 nitrogen and oxygen atoms in total. The summed E-state index contributed by atoms with van der Waals surface area (Å²) in [4.78, 5) is 20.4. The maximum Gasteiger partial charge on any atom is 0.299 e. The molecule has 164 valence electrons. The van der Waals surface area contributed by atoms with Gasteiger partial charge in [0.1, 0.15) is 5.69 Å². The van der Waals surface area contributed by atoms with Crippen LogP contribution >= 0.6 is 0 Å². The maximum absolute atomic E-state index is 11.0. The van der Waals surface area contributed by atoms with Gasteiger partial charge in [0.05, 0.1) is 48.9 Å². The van der Waals surface area contributed by atoms with E-state index < -0.39 is 9.85 Å². The monoisotopic (exact) mass is 413 g/mol. The average molecular weight is 413 g/mol. The molecule has 0 unspecified atom stereocenters. The summed E-state index contributed by atoms with van der Waals surface area (Å²) in [5, 5.41) is 24.6. The summed E-state index contributed by atoms with van der Waals surface area (Å²) in [6.45, 7) is 5.55. The molecule has 0 fully saturated rings. The minimum absolute atomic E-state index is 0.215. The van der Waals surface area contributed by atoms with Crippen LogP contribution in [0.3, 0.4) is 0 Å². The minimum atomic E-state index is -0.668. The van der Waals surface area contributed by atoms with Crippen molar-refractivity contribution in [2.75, 3.05) is 51.5 Å². The lowest BCUT2D eigenvalue weighted by Crippen LogP contribution is -2.14. The summed E-state index contributed by atoms with van der Waals surface area (Å²) >= 11 is 0. The Morgan fingerprint density at radius 3 is 2.07 bits per heavy atom. The van der Waals surface area contributed by atoms with Crippen molar-refractivity contribution in [3.05, 3.63) is 38.4 Å². The lowest BCUT2D eigenvalue weighted by Gasteiger charge is -2.09. The SMILES string of the molecule is CCCCCCCOCCOCCOCCNc1ccc([N+](=O)[O-])cc1[N+](=O)[O-]. The van der Waals surface area contributed by atoms with E-state index in [2.05, 4.69) is 12.2 Å². The first-order chi connectivity index (χ1) is 14.1. The molecule has 0 heterocycles. The average Bonchev–Trinajstić information content (AvgIpc) is 2.70. The highest BCUT2D eigenvalue weighted by Crippen LogP contribution is 2.28. The zero-order valence-electron chi connectivity index (χ0n) is 17.0. The molecular weight excluding hydrogens is 382 g/mol. The van der Waals surface area contributed by atoms with Gasteiger partial charge < -0.3 is 19.5 Å². The molecule has 0 radical (unpaired) electrons. The number of benzene rings is 1. The Bertz CT molecular complexity index is 613. The molecule has 0 aliphatic rings. The molecule has 1 rings (SSSR count). The van der Waals surface area contributed by atoms with Crippen molar-refractivity contribution in [1.29, 1.82) is 0 Å². The maximum atomic E-state index is 11.0. The van der Waals surface area contributed by atoms with Gasteiger partial charge in [-0.15, -0.1) is 0 Å². The summed E-state index contributed by atoms with van der Waals surface area (Å²) < 4.78 is 16.3. The summed E-state index contributed by atoms with van der Waals surface area (Å²) in [5.41, 5.74) is -0.448. The molecule has 1 aromatic rings. The van der Waals surface area contributed by atoms with Crippen molar-refractivity contribution in [3.63, 3.8) is 0 Å². The quantitative estimate of drug-likeness (QED) is 0.218. The van der Waals surface area contributed by atoms with E-state index in [-0.39, 0.29) is 17.1 Å². The number of unbranched alkanes of at least 4 members (excludes halogenated alkanes) is 4. The molecule has 0 amide bonds. The van der Waals surface area contributed by atoms with Gasteiger partial charge in [0.25, 0.3) is 11.4 Å². The number of nitrogens with one attached hydrogen (secondary N) is 1. The standard InChI is InChI=1S/C19H31N3O7/c1-2-3-4-5-6-10-27-12-14-29-15-13-28-11-9-20-18-8-7-17(21(23)24)16-19(18)22(25)26/h7-8,16,20H,2-6,9-15H2,1H3. The fourth-order valence-corrected chi connectivity index (χ4v) is 2.54. The summed E-state index contributed by atoms with van der Waals surface area (Å²) in [5.74, 6) is 0. The van der Waals surface area contributed by atoms with Crippen LogP contribution in [0.5, 0.6) is 0 Å². The van der Waals surface area contributed by atoms with Crippen molar-refractivity contribution in [1.82, 2.24) is 0 Å². The third-order valence-electron chi connectivity index (χ3n) is 4.09. The summed E-state index contributed by atoms with van der Waals surface area (Å²) in [6.07, 6.45) is 6.08. The number of anilines is 1. The van der Waals surface area contributed by atoms with Gasteiger partial charge >= 0.3 is 0 Å². The molecule has 0 spiro atoms. The van der Waals surface area contributed by atoms with Crippen molar-refractivity contribution in [2.24, 2.45) is 0 Å². The third kappa shape index (κ3) is 11.3. The predicted molar refractivity (Wildman–Crippen MR) is 109 cm³/mol. The van der Waals surface area contributed by atoms with Gasteiger partial charge in [0.15, 0.2) is 0 Å². The Labute approximate surface area is 170 Å². The third-order valence-corrected chi connectivity index (χ3v) is 4.09. The van der Waals surface area contributed by atoms with Crippen LogP contribution in [0.15, 0.2) is 18.2 Å². The normalized spacial score (nSPS) is 10.8. The van der Waals surface area contributed by atoms with E-state index in [0.29, 0.717) is 39.6 Å². The summed E-state index contributed by atoms with van der Waals surface area (Å²) in [6, 6.07) is 3.48. The highest BCUT2D eigenvalue weighted by molar-refractivity contribution is 5.65. The molecule has 0 bridgehead atoms. The molecule has 0 saturated carbocycles. The zero-order valence-corrected chi connectivity index (χ0v) is 17.0. The fraction of sp³-hybridized carbons (Fsp3) is 0.684. The Kier molecular flexibility index (Phi) is 13.3. The number of nitro benzene ring substituents is 2. The van der Waals surface area contributed by atoms with Gasteiger partial charge in [-0.2, -0.15) is 0 Å². The van der Waals surface area contributed by atoms with Crippen LogP contribution in [-0.4, -0.2) is 56.0 Å². The summed E-state index contributed by atoms with van der Waals surface area (Å²) in [7, 11) is 0. The number of ether oxygens (including phenoxy) is 3. The van der Waals surface area contributed by atoms with Crippen molar-refractivity contribution in [2.45, 2.75) is 39.0 Å². The molecule has 0 aliphatic carbocycles. The topological polar surface area (TPSA) is 126 Å². The van der Waals surface area contributed by atoms with Crippen LogP contribution in [0, 0.1) is 20.2 Å². The minimum Gasteiger partial charge on any atom is -0.379 e. The van der Waals surface area contributed by atoms with E-state index in [1.807, 2.05) is 0 Å². The van der Waals surface area contributed by atoms with Gasteiger partial charge in [-0.1, -0.05) is 32.6 Å². The molecule has 29 heavy (non-hydrogen) atoms. The van der Waals surface area contributed by atoms with Crippen molar-refractivity contribution < 1.29 is 24.1 Å². The molecule has 0 saturated heterocycles. The van der Waals surface area contributed by atoms with E-state index in [1.165, 1.54) is 37.8 Å². The number of non-ortho nitro benzene ring substituents is 1. The van der Waals surface area contributed by atoms with Crippen LogP contribution in [0.4, 0.5) is 17.1 Å². The largest absolute Gasteiger partial charge is 0.379 e. The Morgan fingerprint density at radius 1 is 0.828 bits per heavy atom. The van der Waals surface area contributed by atoms with Crippen LogP contribution in [0.1, 0.15) is 39.0 Å². The molecule has 10 heteroatoms. The van der Waals surface area contributed by atoms with E-state index in [1.54, 1.807) is 0 Å². The highest BCUT2D eigenvalue weighted by Gasteiger charge is 2.18. The second-order valence-electron chi connectivity index (χ2n) is 6.39. The Balaban J connectivity index is 2.03. The lowest BCUT2D eigenvalue weighted by molar-refractivity contribution is -0.393. The molecule has 0 aliphatic heterocycles. The number of nitro groups is 2. The zero-order chi connectivity index (χ0) is 21.3. The smallest absolute Gasteiger partial charge is 0.299 e. The molecule has 1 aromatic carbocycles. The lowest BCUT2D eigenvalue weighted by atomic mass is 10.2. The van der Waals surface area contributed by atoms with E-state index in [0.717, 1.165) is 19.1 Å². The van der Waals surface area contributed by atoms with Crippen LogP contribution in [0.25, 0.3) is 0 Å². The second kappa shape index (κ2) is 15.6. The van der Waals surface area contributed by atoms with Gasteiger partial charge in [0.2, 0.25) is 0 Å². The van der Waals surface area contributed by atoms with Gasteiger partial charge in [-0.05, 0) is 12.5 Å². The van der Waals surface area contributed by atoms with E-state index >= 15 is 0 Å². The first-order valence-electron chi connectivity index (χ1n) is 9.96. The molecule has 1 N–H and O–H groups in total. The number of rotatable bonds is 18. The van der Waals surface area contributed by atoms with Gasteiger partial charge in [0, 0.05) is 19.2 Å². The number of nitrogens with zero attached hydrogens (tertiary/aromatic N) is 2. The fourth-order valence-electron chi connectivity index (χ4n) is 2.54. The van der Waals surface area contributed by atoms with Crippen LogP contribution < -0.4 is 5.32 Å².